The van der Waals surface area contributed by atoms with Gasteiger partial charge in [0.2, 0.25) is 0 Å². The minimum Gasteiger partial charge on any atom is -0.324 e. The van der Waals surface area contributed by atoms with Crippen LogP contribution < -0.4 is 16.6 Å². The molecule has 0 bridgehead atoms. The second kappa shape index (κ2) is 4.26. The Morgan fingerprint density at radius 1 is 1.44 bits per heavy atom. The topological polar surface area (TPSA) is 100 Å². The molecule has 0 radical (unpaired) electrons. The van der Waals surface area contributed by atoms with E-state index >= 15 is 0 Å². The number of urea groups is 1. The number of nitrogen functional groups attached to an aromatic ring is 1. The number of aromatic nitrogens is 1. The van der Waals surface area contributed by atoms with E-state index in [1.807, 2.05) is 0 Å². The standard InChI is InChI=1S/C11H15N5O2/c1-11(2)9(17)16(10(18)14-11)6-7-4-3-5-8(13-7)15-12/h3-5H,6,12H2,1-2H3,(H,13,15)(H,14,18). The number of imide groups is 1. The smallest absolute Gasteiger partial charge is 0.324 e. The molecule has 18 heavy (non-hydrogen) atoms. The van der Waals surface area contributed by atoms with Gasteiger partial charge in [0.1, 0.15) is 11.4 Å². The largest absolute Gasteiger partial charge is 0.325 e. The molecular formula is C11H15N5O2. The van der Waals surface area contributed by atoms with Crippen molar-refractivity contribution in [1.29, 1.82) is 0 Å². The predicted octanol–water partition coefficient (Wildman–Crippen LogP) is 0.198. The number of carbonyl (C=O) groups excluding carboxylic acids is 2. The quantitative estimate of drug-likeness (QED) is 0.403. The molecule has 7 heteroatoms. The third kappa shape index (κ3) is 2.12. The monoisotopic (exact) mass is 249 g/mol. The van der Waals surface area contributed by atoms with Crippen molar-refractivity contribution in [2.45, 2.75) is 25.9 Å². The van der Waals surface area contributed by atoms with E-state index in [0.29, 0.717) is 11.5 Å². The summed E-state index contributed by atoms with van der Waals surface area (Å²) in [6, 6.07) is 4.77. The number of hydrazine groups is 1. The van der Waals surface area contributed by atoms with Gasteiger partial charge in [0.25, 0.3) is 5.91 Å². The molecule has 7 nitrogen and oxygen atoms in total. The summed E-state index contributed by atoms with van der Waals surface area (Å²) in [6.07, 6.45) is 0. The second-order valence-corrected chi connectivity index (χ2v) is 4.60. The fraction of sp³-hybridized carbons (Fsp3) is 0.364. The third-order valence-electron chi connectivity index (χ3n) is 2.72. The summed E-state index contributed by atoms with van der Waals surface area (Å²) in [4.78, 5) is 29.0. The highest BCUT2D eigenvalue weighted by Crippen LogP contribution is 2.18. The van der Waals surface area contributed by atoms with Crippen LogP contribution in [0.25, 0.3) is 0 Å². The van der Waals surface area contributed by atoms with Crippen molar-refractivity contribution in [2.75, 3.05) is 5.43 Å². The highest BCUT2D eigenvalue weighted by molar-refractivity contribution is 6.06. The third-order valence-corrected chi connectivity index (χ3v) is 2.72. The summed E-state index contributed by atoms with van der Waals surface area (Å²) in [5.41, 5.74) is 2.15. The van der Waals surface area contributed by atoms with Gasteiger partial charge in [-0.2, -0.15) is 0 Å². The molecule has 1 aromatic heterocycles. The number of carbonyl (C=O) groups is 2. The van der Waals surface area contributed by atoms with Crippen molar-refractivity contribution in [3.05, 3.63) is 23.9 Å². The minimum absolute atomic E-state index is 0.129. The average molecular weight is 249 g/mol. The number of hydrogen-bond donors (Lipinski definition) is 3. The van der Waals surface area contributed by atoms with Gasteiger partial charge in [-0.15, -0.1) is 0 Å². The maximum atomic E-state index is 12.0. The van der Waals surface area contributed by atoms with Crippen LogP contribution >= 0.6 is 0 Å². The Balaban J connectivity index is 2.19. The molecule has 0 atom stereocenters. The number of amides is 3. The first kappa shape index (κ1) is 12.3. The van der Waals surface area contributed by atoms with Crippen LogP contribution in [0.1, 0.15) is 19.5 Å². The lowest BCUT2D eigenvalue weighted by molar-refractivity contribution is -0.130. The van der Waals surface area contributed by atoms with Crippen LogP contribution in [0.2, 0.25) is 0 Å². The van der Waals surface area contributed by atoms with E-state index in [1.165, 1.54) is 0 Å². The molecule has 2 rings (SSSR count). The maximum Gasteiger partial charge on any atom is 0.325 e. The SMILES string of the molecule is CC1(C)NC(=O)N(Cc2cccc(NN)n2)C1=O. The van der Waals surface area contributed by atoms with Gasteiger partial charge in [-0.05, 0) is 26.0 Å². The van der Waals surface area contributed by atoms with Gasteiger partial charge in [-0.3, -0.25) is 9.69 Å². The summed E-state index contributed by atoms with van der Waals surface area (Å²) in [5, 5.41) is 2.61. The summed E-state index contributed by atoms with van der Waals surface area (Å²) in [7, 11) is 0. The lowest BCUT2D eigenvalue weighted by atomic mass is 10.1. The Labute approximate surface area is 104 Å². The molecule has 2 heterocycles. The number of rotatable bonds is 3. The van der Waals surface area contributed by atoms with E-state index in [2.05, 4.69) is 15.7 Å². The summed E-state index contributed by atoms with van der Waals surface area (Å²) in [5.74, 6) is 5.47. The normalized spacial score (nSPS) is 17.8. The lowest BCUT2D eigenvalue weighted by Gasteiger charge is -2.15. The molecule has 1 aliphatic rings. The van der Waals surface area contributed by atoms with Crippen molar-refractivity contribution in [3.8, 4) is 0 Å². The van der Waals surface area contributed by atoms with E-state index < -0.39 is 11.6 Å². The first-order chi connectivity index (χ1) is 8.44. The van der Waals surface area contributed by atoms with Gasteiger partial charge in [-0.25, -0.2) is 15.6 Å². The minimum atomic E-state index is -0.860. The molecule has 96 valence electrons. The number of nitrogens with zero attached hydrogens (tertiary/aromatic N) is 2. The van der Waals surface area contributed by atoms with Gasteiger partial charge < -0.3 is 10.7 Å². The van der Waals surface area contributed by atoms with Crippen molar-refractivity contribution in [2.24, 2.45) is 5.84 Å². The number of pyridine rings is 1. The molecule has 1 aliphatic heterocycles. The number of anilines is 1. The Hall–Kier alpha value is -2.15. The highest BCUT2D eigenvalue weighted by Gasteiger charge is 2.44. The van der Waals surface area contributed by atoms with E-state index in [4.69, 9.17) is 5.84 Å². The van der Waals surface area contributed by atoms with Crippen LogP contribution in [0.5, 0.6) is 0 Å². The zero-order valence-electron chi connectivity index (χ0n) is 10.2. The van der Waals surface area contributed by atoms with Gasteiger partial charge >= 0.3 is 6.03 Å². The van der Waals surface area contributed by atoms with E-state index in [-0.39, 0.29) is 12.5 Å². The van der Waals surface area contributed by atoms with Gasteiger partial charge in [0.15, 0.2) is 0 Å². The van der Waals surface area contributed by atoms with Gasteiger partial charge in [-0.1, -0.05) is 6.07 Å². The lowest BCUT2D eigenvalue weighted by Crippen LogP contribution is -2.40. The molecular weight excluding hydrogens is 234 g/mol. The first-order valence-electron chi connectivity index (χ1n) is 5.51. The summed E-state index contributed by atoms with van der Waals surface area (Å²) >= 11 is 0. The van der Waals surface area contributed by atoms with E-state index in [1.54, 1.807) is 32.0 Å². The fourth-order valence-electron chi connectivity index (χ4n) is 1.77. The highest BCUT2D eigenvalue weighted by atomic mass is 16.2. The first-order valence-corrected chi connectivity index (χ1v) is 5.51. The molecule has 1 fully saturated rings. The van der Waals surface area contributed by atoms with Gasteiger partial charge in [0, 0.05) is 0 Å². The zero-order chi connectivity index (χ0) is 13.3. The zero-order valence-corrected chi connectivity index (χ0v) is 10.2. The molecule has 0 saturated carbocycles. The van der Waals surface area contributed by atoms with E-state index in [9.17, 15) is 9.59 Å². The van der Waals surface area contributed by atoms with Crippen LogP contribution in [-0.2, 0) is 11.3 Å². The van der Waals surface area contributed by atoms with Crippen LogP contribution in [0, 0.1) is 0 Å². The fourth-order valence-corrected chi connectivity index (χ4v) is 1.77. The van der Waals surface area contributed by atoms with E-state index in [0.717, 1.165) is 4.90 Å². The number of nitrogens with two attached hydrogens (primary N) is 1. The van der Waals surface area contributed by atoms with Crippen LogP contribution in [0.15, 0.2) is 18.2 Å². The molecule has 1 aromatic rings. The average Bonchev–Trinajstić information content (AvgIpc) is 2.52. The summed E-state index contributed by atoms with van der Waals surface area (Å²) in [6.45, 7) is 3.46. The molecule has 4 N–H and O–H groups in total. The van der Waals surface area contributed by atoms with Crippen LogP contribution in [-0.4, -0.2) is 27.4 Å². The number of nitrogens with one attached hydrogen (secondary N) is 2. The van der Waals surface area contributed by atoms with Crippen LogP contribution in [0.4, 0.5) is 10.6 Å². The van der Waals surface area contributed by atoms with Gasteiger partial charge in [0.05, 0.1) is 12.2 Å². The summed E-state index contributed by atoms with van der Waals surface area (Å²) < 4.78 is 0. The Morgan fingerprint density at radius 2 is 2.17 bits per heavy atom. The van der Waals surface area contributed by atoms with Crippen molar-refractivity contribution in [3.63, 3.8) is 0 Å². The molecule has 0 aromatic carbocycles. The second-order valence-electron chi connectivity index (χ2n) is 4.60. The Bertz CT molecular complexity index is 500. The predicted molar refractivity (Wildman–Crippen MR) is 65.2 cm³/mol. The molecule has 3 amide bonds. The molecule has 0 aliphatic carbocycles. The molecule has 1 saturated heterocycles. The molecule has 0 unspecified atom stereocenters. The van der Waals surface area contributed by atoms with Crippen molar-refractivity contribution >= 4 is 17.8 Å². The Kier molecular flexibility index (Phi) is 2.92. The van der Waals surface area contributed by atoms with Crippen molar-refractivity contribution < 1.29 is 9.59 Å². The van der Waals surface area contributed by atoms with Crippen molar-refractivity contribution in [1.82, 2.24) is 15.2 Å². The van der Waals surface area contributed by atoms with Crippen LogP contribution in [0.3, 0.4) is 0 Å². The molecule has 0 spiro atoms. The maximum absolute atomic E-state index is 12.0. The number of hydrogen-bond acceptors (Lipinski definition) is 5. The Morgan fingerprint density at radius 3 is 2.72 bits per heavy atom.